The Hall–Kier alpha value is -4.06. The van der Waals surface area contributed by atoms with Gasteiger partial charge in [-0.2, -0.15) is 0 Å². The van der Waals surface area contributed by atoms with Crippen LogP contribution in [0.3, 0.4) is 0 Å². The number of benzene rings is 3. The predicted octanol–water partition coefficient (Wildman–Crippen LogP) is 6.28. The van der Waals surface area contributed by atoms with E-state index in [2.05, 4.69) is 0 Å². The van der Waals surface area contributed by atoms with Crippen molar-refractivity contribution in [3.63, 3.8) is 0 Å². The first-order valence-corrected chi connectivity index (χ1v) is 12.5. The molecule has 5 rings (SSSR count). The van der Waals surface area contributed by atoms with Crippen molar-refractivity contribution in [1.29, 1.82) is 0 Å². The number of amides is 1. The Morgan fingerprint density at radius 3 is 2.43 bits per heavy atom. The van der Waals surface area contributed by atoms with Gasteiger partial charge < -0.3 is 19.1 Å². The van der Waals surface area contributed by atoms with Crippen LogP contribution in [0.2, 0.25) is 0 Å². The normalized spacial score (nSPS) is 15.4. The minimum absolute atomic E-state index is 0.0352. The van der Waals surface area contributed by atoms with Crippen LogP contribution < -0.4 is 14.4 Å². The average molecular weight is 498 g/mol. The molecule has 6 nitrogen and oxygen atoms in total. The zero-order chi connectivity index (χ0) is 26.2. The third-order valence-electron chi connectivity index (χ3n) is 6.75. The summed E-state index contributed by atoms with van der Waals surface area (Å²) in [5, 5.41) is 0. The van der Waals surface area contributed by atoms with Gasteiger partial charge in [0.1, 0.15) is 5.60 Å². The molecule has 0 radical (unpaired) electrons. The van der Waals surface area contributed by atoms with E-state index in [1.165, 1.54) is 7.11 Å². The lowest BCUT2D eigenvalue weighted by molar-refractivity contribution is -0.119. The Labute approximate surface area is 217 Å². The predicted molar refractivity (Wildman–Crippen MR) is 144 cm³/mol. The first kappa shape index (κ1) is 24.6. The van der Waals surface area contributed by atoms with Crippen LogP contribution in [-0.2, 0) is 16.1 Å². The molecule has 2 aliphatic rings. The van der Waals surface area contributed by atoms with Gasteiger partial charge in [0.05, 0.1) is 26.3 Å². The van der Waals surface area contributed by atoms with Crippen molar-refractivity contribution in [2.45, 2.75) is 38.8 Å². The molecule has 1 amide bonds. The van der Waals surface area contributed by atoms with Crippen LogP contribution in [0.15, 0.2) is 66.7 Å². The maximum Gasteiger partial charge on any atom is 0.337 e. The molecule has 3 aromatic rings. The SMILES string of the molecule is COC(=O)c1cccc(-c2cccc(N(Cc3ccc4c(c3OC)OC(C)(C)C=C4)C(=O)C3CC3)c2)c1. The molecule has 1 saturated carbocycles. The van der Waals surface area contributed by atoms with Crippen LogP contribution in [-0.4, -0.2) is 31.7 Å². The molecule has 190 valence electrons. The van der Waals surface area contributed by atoms with E-state index in [9.17, 15) is 9.59 Å². The molecule has 1 heterocycles. The van der Waals surface area contributed by atoms with Gasteiger partial charge in [-0.25, -0.2) is 4.79 Å². The van der Waals surface area contributed by atoms with E-state index in [0.29, 0.717) is 23.6 Å². The summed E-state index contributed by atoms with van der Waals surface area (Å²) in [7, 11) is 3.00. The lowest BCUT2D eigenvalue weighted by atomic mass is 9.99. The molecule has 0 aromatic heterocycles. The summed E-state index contributed by atoms with van der Waals surface area (Å²) >= 11 is 0. The van der Waals surface area contributed by atoms with E-state index in [0.717, 1.165) is 40.8 Å². The number of carbonyl (C=O) groups excluding carboxylic acids is 2. The van der Waals surface area contributed by atoms with E-state index in [4.69, 9.17) is 14.2 Å². The third-order valence-corrected chi connectivity index (χ3v) is 6.75. The summed E-state index contributed by atoms with van der Waals surface area (Å²) < 4.78 is 17.0. The van der Waals surface area contributed by atoms with Gasteiger partial charge in [-0.15, -0.1) is 0 Å². The molecule has 0 unspecified atom stereocenters. The molecular weight excluding hydrogens is 466 g/mol. The van der Waals surface area contributed by atoms with E-state index in [1.54, 1.807) is 19.2 Å². The number of carbonyl (C=O) groups is 2. The summed E-state index contributed by atoms with van der Waals surface area (Å²) in [6, 6.07) is 19.1. The van der Waals surface area contributed by atoms with Crippen molar-refractivity contribution in [2.75, 3.05) is 19.1 Å². The minimum Gasteiger partial charge on any atom is -0.492 e. The summed E-state index contributed by atoms with van der Waals surface area (Å²) in [6.07, 6.45) is 5.88. The first-order valence-electron chi connectivity index (χ1n) is 12.5. The first-order chi connectivity index (χ1) is 17.8. The summed E-state index contributed by atoms with van der Waals surface area (Å²) in [5.41, 5.74) is 4.43. The molecule has 6 heteroatoms. The Bertz CT molecular complexity index is 1390. The second kappa shape index (κ2) is 9.77. The minimum atomic E-state index is -0.449. The number of nitrogens with zero attached hydrogens (tertiary/aromatic N) is 1. The van der Waals surface area contributed by atoms with Crippen LogP contribution in [0.25, 0.3) is 17.2 Å². The number of hydrogen-bond donors (Lipinski definition) is 0. The molecule has 0 saturated heterocycles. The zero-order valence-electron chi connectivity index (χ0n) is 21.6. The van der Waals surface area contributed by atoms with Crippen molar-refractivity contribution in [3.05, 3.63) is 83.4 Å². The Morgan fingerprint density at radius 1 is 1.00 bits per heavy atom. The van der Waals surface area contributed by atoms with Gasteiger partial charge in [-0.3, -0.25) is 4.79 Å². The number of anilines is 1. The van der Waals surface area contributed by atoms with Gasteiger partial charge in [0.15, 0.2) is 11.5 Å². The average Bonchev–Trinajstić information content (AvgIpc) is 3.76. The number of esters is 1. The molecule has 0 N–H and O–H groups in total. The van der Waals surface area contributed by atoms with Crippen LogP contribution in [0.4, 0.5) is 5.69 Å². The fourth-order valence-corrected chi connectivity index (χ4v) is 4.61. The lowest BCUT2D eigenvalue weighted by Crippen LogP contribution is -2.32. The highest BCUT2D eigenvalue weighted by atomic mass is 16.5. The summed E-state index contributed by atoms with van der Waals surface area (Å²) in [4.78, 5) is 27.4. The van der Waals surface area contributed by atoms with Gasteiger partial charge in [0, 0.05) is 22.7 Å². The maximum absolute atomic E-state index is 13.5. The standard InChI is InChI=1S/C31H31NO5/c1-31(2)16-15-20-11-14-25(27(35-3)28(20)37-31)19-32(29(33)21-12-13-21)26-10-6-8-23(18-26)22-7-5-9-24(17-22)30(34)36-4/h5-11,14-18,21H,12-13,19H2,1-4H3. The highest BCUT2D eigenvalue weighted by Crippen LogP contribution is 2.42. The number of methoxy groups -OCH3 is 2. The highest BCUT2D eigenvalue weighted by molar-refractivity contribution is 5.97. The molecule has 1 aliphatic carbocycles. The Kier molecular flexibility index (Phi) is 6.50. The topological polar surface area (TPSA) is 65.1 Å². The fourth-order valence-electron chi connectivity index (χ4n) is 4.61. The van der Waals surface area contributed by atoms with Crippen LogP contribution in [0.1, 0.15) is 48.2 Å². The van der Waals surface area contributed by atoms with E-state index in [-0.39, 0.29) is 17.8 Å². The lowest BCUT2D eigenvalue weighted by Gasteiger charge is -2.31. The molecule has 1 fully saturated rings. The van der Waals surface area contributed by atoms with Gasteiger partial charge in [-0.05, 0) is 68.2 Å². The van der Waals surface area contributed by atoms with Gasteiger partial charge in [-0.1, -0.05) is 42.5 Å². The number of hydrogen-bond acceptors (Lipinski definition) is 5. The smallest absolute Gasteiger partial charge is 0.337 e. The summed E-state index contributed by atoms with van der Waals surface area (Å²) in [5.74, 6) is 1.09. The zero-order valence-corrected chi connectivity index (χ0v) is 21.6. The van der Waals surface area contributed by atoms with Crippen molar-refractivity contribution in [2.24, 2.45) is 5.92 Å². The van der Waals surface area contributed by atoms with Crippen LogP contribution in [0.5, 0.6) is 11.5 Å². The molecular formula is C31H31NO5. The van der Waals surface area contributed by atoms with Gasteiger partial charge in [0.25, 0.3) is 0 Å². The third kappa shape index (κ3) is 5.10. The van der Waals surface area contributed by atoms with E-state index < -0.39 is 5.60 Å². The molecule has 0 atom stereocenters. The van der Waals surface area contributed by atoms with Crippen LogP contribution in [0, 0.1) is 5.92 Å². The van der Waals surface area contributed by atoms with E-state index in [1.807, 2.05) is 79.4 Å². The quantitative estimate of drug-likeness (QED) is 0.360. The summed E-state index contributed by atoms with van der Waals surface area (Å²) in [6.45, 7) is 4.36. The second-order valence-electron chi connectivity index (χ2n) is 10.0. The van der Waals surface area contributed by atoms with Crippen molar-refractivity contribution in [1.82, 2.24) is 0 Å². The molecule has 0 bridgehead atoms. The number of fused-ring (bicyclic) bond motifs is 1. The Balaban J connectivity index is 1.52. The number of rotatable bonds is 7. The van der Waals surface area contributed by atoms with Gasteiger partial charge in [0.2, 0.25) is 5.91 Å². The van der Waals surface area contributed by atoms with Crippen LogP contribution >= 0.6 is 0 Å². The second-order valence-corrected chi connectivity index (χ2v) is 10.0. The number of ether oxygens (including phenoxy) is 3. The van der Waals surface area contributed by atoms with E-state index >= 15 is 0 Å². The van der Waals surface area contributed by atoms with Crippen molar-refractivity contribution >= 4 is 23.6 Å². The Morgan fingerprint density at radius 2 is 1.73 bits per heavy atom. The molecule has 0 spiro atoms. The monoisotopic (exact) mass is 497 g/mol. The molecule has 37 heavy (non-hydrogen) atoms. The fraction of sp³-hybridized carbons (Fsp3) is 0.290. The molecule has 1 aliphatic heterocycles. The largest absolute Gasteiger partial charge is 0.492 e. The highest BCUT2D eigenvalue weighted by Gasteiger charge is 2.35. The maximum atomic E-state index is 13.5. The van der Waals surface area contributed by atoms with Crippen molar-refractivity contribution < 1.29 is 23.8 Å². The molecule has 3 aromatic carbocycles. The van der Waals surface area contributed by atoms with Gasteiger partial charge >= 0.3 is 5.97 Å². The van der Waals surface area contributed by atoms with Crippen molar-refractivity contribution in [3.8, 4) is 22.6 Å².